The third kappa shape index (κ3) is 3.78. The summed E-state index contributed by atoms with van der Waals surface area (Å²) < 4.78 is 18.8. The molecule has 1 unspecified atom stereocenters. The van der Waals surface area contributed by atoms with Gasteiger partial charge in [0.15, 0.2) is 0 Å². The molecule has 2 heterocycles. The van der Waals surface area contributed by atoms with Crippen LogP contribution in [0.5, 0.6) is 5.75 Å². The van der Waals surface area contributed by atoms with Crippen LogP contribution in [0, 0.1) is 17.2 Å². The van der Waals surface area contributed by atoms with Crippen molar-refractivity contribution in [3.63, 3.8) is 0 Å². The predicted molar refractivity (Wildman–Crippen MR) is 89.3 cm³/mol. The minimum absolute atomic E-state index is 0. The van der Waals surface area contributed by atoms with E-state index in [1.54, 1.807) is 6.07 Å². The first-order valence-electron chi connectivity index (χ1n) is 7.91. The Bertz CT molecular complexity index is 574. The summed E-state index contributed by atoms with van der Waals surface area (Å²) in [5, 5.41) is 0. The molecule has 0 radical (unpaired) electrons. The van der Waals surface area contributed by atoms with Gasteiger partial charge in [0.05, 0.1) is 5.92 Å². The molecular formula is C17H24ClFN2O2. The standard InChI is InChI=1S/C17H23FN2O2.ClH/c1-17(11-19)4-6-20(7-5-17)16(21)13-8-12-2-3-14(18)9-15(12)22-10-13;/h2-3,9,13H,4-8,10-11,19H2,1H3;1H. The van der Waals surface area contributed by atoms with Gasteiger partial charge in [-0.05, 0) is 42.9 Å². The molecule has 0 spiro atoms. The molecule has 0 bridgehead atoms. The highest BCUT2D eigenvalue weighted by Crippen LogP contribution is 2.32. The van der Waals surface area contributed by atoms with Crippen LogP contribution >= 0.6 is 12.4 Å². The van der Waals surface area contributed by atoms with Crippen molar-refractivity contribution in [1.82, 2.24) is 4.90 Å². The number of piperidine rings is 1. The van der Waals surface area contributed by atoms with Gasteiger partial charge in [0.25, 0.3) is 0 Å². The number of halogens is 2. The lowest BCUT2D eigenvalue weighted by Gasteiger charge is -2.40. The topological polar surface area (TPSA) is 55.6 Å². The summed E-state index contributed by atoms with van der Waals surface area (Å²) >= 11 is 0. The number of nitrogens with zero attached hydrogens (tertiary/aromatic N) is 1. The van der Waals surface area contributed by atoms with Crippen molar-refractivity contribution < 1.29 is 13.9 Å². The Morgan fingerprint density at radius 3 is 2.78 bits per heavy atom. The zero-order valence-corrected chi connectivity index (χ0v) is 14.2. The van der Waals surface area contributed by atoms with E-state index in [4.69, 9.17) is 10.5 Å². The molecule has 2 N–H and O–H groups in total. The summed E-state index contributed by atoms with van der Waals surface area (Å²) in [5.74, 6) is 0.244. The Balaban J connectivity index is 0.00000192. The third-order valence-corrected chi connectivity index (χ3v) is 5.06. The van der Waals surface area contributed by atoms with Crippen LogP contribution in [0.4, 0.5) is 4.39 Å². The number of amides is 1. The first-order chi connectivity index (χ1) is 10.5. The monoisotopic (exact) mass is 342 g/mol. The van der Waals surface area contributed by atoms with E-state index in [9.17, 15) is 9.18 Å². The fraction of sp³-hybridized carbons (Fsp3) is 0.588. The Morgan fingerprint density at radius 2 is 2.13 bits per heavy atom. The Labute approximate surface area is 142 Å². The van der Waals surface area contributed by atoms with Crippen LogP contribution < -0.4 is 10.5 Å². The summed E-state index contributed by atoms with van der Waals surface area (Å²) in [7, 11) is 0. The maximum absolute atomic E-state index is 13.2. The molecule has 1 amide bonds. The van der Waals surface area contributed by atoms with Crippen molar-refractivity contribution >= 4 is 18.3 Å². The SMILES string of the molecule is CC1(CN)CCN(C(=O)C2COc3cc(F)ccc3C2)CC1.Cl. The van der Waals surface area contributed by atoms with E-state index in [2.05, 4.69) is 6.92 Å². The molecule has 0 saturated carbocycles. The molecule has 1 atom stereocenters. The quantitative estimate of drug-likeness (QED) is 0.897. The van der Waals surface area contributed by atoms with Gasteiger partial charge in [0.1, 0.15) is 18.2 Å². The number of carbonyl (C=O) groups is 1. The number of fused-ring (bicyclic) bond motifs is 1. The molecule has 3 rings (SSSR count). The lowest BCUT2D eigenvalue weighted by molar-refractivity contribution is -0.139. The second-order valence-electron chi connectivity index (χ2n) is 6.80. The minimum atomic E-state index is -0.305. The molecule has 2 aliphatic rings. The van der Waals surface area contributed by atoms with Crippen molar-refractivity contribution in [1.29, 1.82) is 0 Å². The number of benzene rings is 1. The third-order valence-electron chi connectivity index (χ3n) is 5.06. The molecular weight excluding hydrogens is 319 g/mol. The molecule has 1 aromatic carbocycles. The largest absolute Gasteiger partial charge is 0.492 e. The van der Waals surface area contributed by atoms with Crippen molar-refractivity contribution in [3.8, 4) is 5.75 Å². The van der Waals surface area contributed by atoms with Crippen LogP contribution in [-0.2, 0) is 11.2 Å². The first kappa shape index (κ1) is 18.0. The number of hydrogen-bond donors (Lipinski definition) is 1. The van der Waals surface area contributed by atoms with Crippen molar-refractivity contribution in [2.75, 3.05) is 26.2 Å². The fourth-order valence-corrected chi connectivity index (χ4v) is 3.23. The number of rotatable bonds is 2. The second-order valence-corrected chi connectivity index (χ2v) is 6.80. The van der Waals surface area contributed by atoms with Crippen LogP contribution in [-0.4, -0.2) is 37.0 Å². The van der Waals surface area contributed by atoms with Crippen LogP contribution in [0.15, 0.2) is 18.2 Å². The van der Waals surface area contributed by atoms with Crippen molar-refractivity contribution in [2.45, 2.75) is 26.2 Å². The number of hydrogen-bond acceptors (Lipinski definition) is 3. The van der Waals surface area contributed by atoms with Crippen LogP contribution in [0.25, 0.3) is 0 Å². The molecule has 0 aliphatic carbocycles. The van der Waals surface area contributed by atoms with Crippen LogP contribution in [0.1, 0.15) is 25.3 Å². The van der Waals surface area contributed by atoms with E-state index in [-0.39, 0.29) is 35.5 Å². The summed E-state index contributed by atoms with van der Waals surface area (Å²) in [6.07, 6.45) is 2.52. The van der Waals surface area contributed by atoms with Gasteiger partial charge in [-0.25, -0.2) is 4.39 Å². The van der Waals surface area contributed by atoms with Crippen molar-refractivity contribution in [2.24, 2.45) is 17.1 Å². The second kappa shape index (κ2) is 7.05. The van der Waals surface area contributed by atoms with E-state index >= 15 is 0 Å². The zero-order chi connectivity index (χ0) is 15.7. The predicted octanol–water partition coefficient (Wildman–Crippen LogP) is 2.39. The van der Waals surface area contributed by atoms with Crippen LogP contribution in [0.3, 0.4) is 0 Å². The molecule has 0 aromatic heterocycles. The van der Waals surface area contributed by atoms with Gasteiger partial charge in [-0.1, -0.05) is 13.0 Å². The lowest BCUT2D eigenvalue weighted by Crippen LogP contribution is -2.48. The van der Waals surface area contributed by atoms with Gasteiger partial charge < -0.3 is 15.4 Å². The van der Waals surface area contributed by atoms with Gasteiger partial charge >= 0.3 is 0 Å². The Hall–Kier alpha value is -1.33. The summed E-state index contributed by atoms with van der Waals surface area (Å²) in [4.78, 5) is 14.6. The Kier molecular flexibility index (Phi) is 5.53. The molecule has 1 saturated heterocycles. The van der Waals surface area contributed by atoms with E-state index in [0.29, 0.717) is 25.3 Å². The minimum Gasteiger partial charge on any atom is -0.492 e. The molecule has 1 aromatic rings. The van der Waals surface area contributed by atoms with Crippen molar-refractivity contribution in [3.05, 3.63) is 29.6 Å². The molecule has 6 heteroatoms. The Morgan fingerprint density at radius 1 is 1.43 bits per heavy atom. The van der Waals surface area contributed by atoms with Gasteiger partial charge in [-0.3, -0.25) is 4.79 Å². The summed E-state index contributed by atoms with van der Waals surface area (Å²) in [5.41, 5.74) is 6.88. The molecule has 128 valence electrons. The number of ether oxygens (including phenoxy) is 1. The van der Waals surface area contributed by atoms with E-state index in [1.165, 1.54) is 12.1 Å². The maximum Gasteiger partial charge on any atom is 0.229 e. The molecule has 23 heavy (non-hydrogen) atoms. The van der Waals surface area contributed by atoms with Gasteiger partial charge in [0, 0.05) is 19.2 Å². The highest BCUT2D eigenvalue weighted by Gasteiger charge is 2.35. The van der Waals surface area contributed by atoms with E-state index in [1.807, 2.05) is 4.90 Å². The first-order valence-corrected chi connectivity index (χ1v) is 7.91. The van der Waals surface area contributed by atoms with Gasteiger partial charge in [-0.2, -0.15) is 0 Å². The smallest absolute Gasteiger partial charge is 0.229 e. The van der Waals surface area contributed by atoms with E-state index in [0.717, 1.165) is 31.5 Å². The highest BCUT2D eigenvalue weighted by atomic mass is 35.5. The molecule has 4 nitrogen and oxygen atoms in total. The maximum atomic E-state index is 13.2. The van der Waals surface area contributed by atoms with E-state index < -0.39 is 0 Å². The van der Waals surface area contributed by atoms with Crippen LogP contribution in [0.2, 0.25) is 0 Å². The molecule has 1 fully saturated rings. The lowest BCUT2D eigenvalue weighted by atomic mass is 9.80. The van der Waals surface area contributed by atoms with Gasteiger partial charge in [0.2, 0.25) is 5.91 Å². The fourth-order valence-electron chi connectivity index (χ4n) is 3.23. The summed E-state index contributed by atoms with van der Waals surface area (Å²) in [6, 6.07) is 4.53. The summed E-state index contributed by atoms with van der Waals surface area (Å²) in [6.45, 7) is 4.71. The molecule has 2 aliphatic heterocycles. The number of carbonyl (C=O) groups excluding carboxylic acids is 1. The number of likely N-dealkylation sites (tertiary alicyclic amines) is 1. The average Bonchev–Trinajstić information content (AvgIpc) is 2.54. The highest BCUT2D eigenvalue weighted by molar-refractivity contribution is 5.85. The van der Waals surface area contributed by atoms with Gasteiger partial charge in [-0.15, -0.1) is 12.4 Å². The average molecular weight is 343 g/mol. The number of nitrogens with two attached hydrogens (primary N) is 1. The normalized spacial score (nSPS) is 22.6. The zero-order valence-electron chi connectivity index (χ0n) is 13.4.